The number of hydrogen-bond acceptors (Lipinski definition) is 5. The number of carboxylic acid groups (broad SMARTS) is 1. The number of carbonyl (C=O) groups excluding carboxylic acids is 1. The fourth-order valence-electron chi connectivity index (χ4n) is 3.02. The second kappa shape index (κ2) is 9.43. The van der Waals surface area contributed by atoms with Crippen LogP contribution in [0.5, 0.6) is 11.5 Å². The third-order valence-corrected chi connectivity index (χ3v) is 4.45. The van der Waals surface area contributed by atoms with Gasteiger partial charge in [-0.25, -0.2) is 4.79 Å². The summed E-state index contributed by atoms with van der Waals surface area (Å²) in [6, 6.07) is 2.62. The first-order valence-electron chi connectivity index (χ1n) is 8.89. The van der Waals surface area contributed by atoms with Gasteiger partial charge in [-0.2, -0.15) is 0 Å². The molecule has 1 amide bonds. The molecule has 1 atom stereocenters. The van der Waals surface area contributed by atoms with Crippen LogP contribution in [0.1, 0.15) is 42.1 Å². The van der Waals surface area contributed by atoms with Crippen molar-refractivity contribution in [2.24, 2.45) is 0 Å². The lowest BCUT2D eigenvalue weighted by Gasteiger charge is -2.38. The van der Waals surface area contributed by atoms with Gasteiger partial charge < -0.3 is 24.2 Å². The number of hydrogen-bond donors (Lipinski definition) is 1. The lowest BCUT2D eigenvalue weighted by Crippen LogP contribution is -2.55. The number of methoxy groups -OCH3 is 2. The maximum absolute atomic E-state index is 12.7. The summed E-state index contributed by atoms with van der Waals surface area (Å²) < 4.78 is 16.3. The number of carbonyl (C=O) groups is 2. The van der Waals surface area contributed by atoms with Gasteiger partial charge in [0.05, 0.1) is 14.2 Å². The fourth-order valence-corrected chi connectivity index (χ4v) is 3.02. The van der Waals surface area contributed by atoms with E-state index >= 15 is 0 Å². The Morgan fingerprint density at radius 3 is 2.54 bits per heavy atom. The first-order valence-corrected chi connectivity index (χ1v) is 8.89. The van der Waals surface area contributed by atoms with E-state index < -0.39 is 12.0 Å². The molecule has 26 heavy (non-hydrogen) atoms. The molecule has 1 fully saturated rings. The van der Waals surface area contributed by atoms with Gasteiger partial charge in [0.25, 0.3) is 5.91 Å². The Kier molecular flexibility index (Phi) is 7.26. The van der Waals surface area contributed by atoms with Crippen molar-refractivity contribution < 1.29 is 28.9 Å². The highest BCUT2D eigenvalue weighted by molar-refractivity contribution is 5.98. The van der Waals surface area contributed by atoms with E-state index in [-0.39, 0.29) is 5.91 Å². The summed E-state index contributed by atoms with van der Waals surface area (Å²) in [6.07, 6.45) is 2.92. The standard InChI is InChI=1S/C19H27NO6/c1-4-9-26-10-5-6-13-11-14(12-16(24-2)17(13)25-3)18(21)20-8-7-15(20)19(22)23/h11-12,15H,4-10H2,1-3H3,(H,22,23)/t15-/m1/s1. The molecule has 0 radical (unpaired) electrons. The van der Waals surface area contributed by atoms with Gasteiger partial charge in [-0.05, 0) is 43.4 Å². The van der Waals surface area contributed by atoms with E-state index in [0.717, 1.165) is 25.0 Å². The van der Waals surface area contributed by atoms with Gasteiger partial charge in [-0.3, -0.25) is 4.79 Å². The highest BCUT2D eigenvalue weighted by atomic mass is 16.5. The SMILES string of the molecule is CCCOCCCc1cc(C(=O)N2CC[C@@H]2C(=O)O)cc(OC)c1OC. The van der Waals surface area contributed by atoms with E-state index in [2.05, 4.69) is 6.92 Å². The van der Waals surface area contributed by atoms with Crippen LogP contribution in [0.3, 0.4) is 0 Å². The Bertz CT molecular complexity index is 645. The Morgan fingerprint density at radius 2 is 2.00 bits per heavy atom. The summed E-state index contributed by atoms with van der Waals surface area (Å²) >= 11 is 0. The Morgan fingerprint density at radius 1 is 1.23 bits per heavy atom. The molecule has 0 spiro atoms. The molecule has 1 aliphatic heterocycles. The molecule has 0 saturated carbocycles. The van der Waals surface area contributed by atoms with Crippen LogP contribution in [-0.4, -0.2) is 61.9 Å². The van der Waals surface area contributed by atoms with Gasteiger partial charge >= 0.3 is 5.97 Å². The van der Waals surface area contributed by atoms with Crippen molar-refractivity contribution in [3.05, 3.63) is 23.3 Å². The predicted molar refractivity (Wildman–Crippen MR) is 96.1 cm³/mol. The van der Waals surface area contributed by atoms with E-state index in [9.17, 15) is 14.7 Å². The Balaban J connectivity index is 2.19. The van der Waals surface area contributed by atoms with Crippen molar-refractivity contribution >= 4 is 11.9 Å². The van der Waals surface area contributed by atoms with Crippen LogP contribution in [0.15, 0.2) is 12.1 Å². The minimum Gasteiger partial charge on any atom is -0.493 e. The highest BCUT2D eigenvalue weighted by Crippen LogP contribution is 2.34. The first-order chi connectivity index (χ1) is 12.5. The van der Waals surface area contributed by atoms with Gasteiger partial charge in [0.1, 0.15) is 6.04 Å². The number of amides is 1. The maximum Gasteiger partial charge on any atom is 0.326 e. The molecule has 0 bridgehead atoms. The molecule has 0 unspecified atom stereocenters. The molecule has 0 aromatic heterocycles. The van der Waals surface area contributed by atoms with Gasteiger partial charge in [-0.15, -0.1) is 0 Å². The van der Waals surface area contributed by atoms with E-state index in [4.69, 9.17) is 14.2 Å². The van der Waals surface area contributed by atoms with Crippen molar-refractivity contribution in [1.29, 1.82) is 0 Å². The van der Waals surface area contributed by atoms with Crippen LogP contribution in [0, 0.1) is 0 Å². The predicted octanol–water partition coefficient (Wildman–Crippen LogP) is 2.36. The zero-order chi connectivity index (χ0) is 19.1. The highest BCUT2D eigenvalue weighted by Gasteiger charge is 2.38. The monoisotopic (exact) mass is 365 g/mol. The lowest BCUT2D eigenvalue weighted by molar-refractivity contribution is -0.146. The van der Waals surface area contributed by atoms with E-state index in [1.54, 1.807) is 19.2 Å². The molecular weight excluding hydrogens is 338 g/mol. The smallest absolute Gasteiger partial charge is 0.326 e. The van der Waals surface area contributed by atoms with E-state index in [0.29, 0.717) is 43.1 Å². The molecule has 2 rings (SSSR count). The molecule has 144 valence electrons. The minimum absolute atomic E-state index is 0.298. The van der Waals surface area contributed by atoms with Gasteiger partial charge in [0.15, 0.2) is 11.5 Å². The van der Waals surface area contributed by atoms with Crippen molar-refractivity contribution in [2.75, 3.05) is 34.0 Å². The summed E-state index contributed by atoms with van der Waals surface area (Å²) in [5.41, 5.74) is 1.26. The van der Waals surface area contributed by atoms with Crippen molar-refractivity contribution in [3.8, 4) is 11.5 Å². The number of benzene rings is 1. The molecule has 1 N–H and O–H groups in total. The minimum atomic E-state index is -0.974. The molecule has 1 aromatic rings. The Hall–Kier alpha value is -2.28. The third-order valence-electron chi connectivity index (χ3n) is 4.45. The molecule has 1 aliphatic rings. The zero-order valence-electron chi connectivity index (χ0n) is 15.6. The van der Waals surface area contributed by atoms with E-state index in [1.165, 1.54) is 12.0 Å². The number of rotatable bonds is 10. The second-order valence-electron chi connectivity index (χ2n) is 6.23. The number of ether oxygens (including phenoxy) is 3. The summed E-state index contributed by atoms with van der Waals surface area (Å²) in [5, 5.41) is 9.17. The fraction of sp³-hybridized carbons (Fsp3) is 0.579. The van der Waals surface area contributed by atoms with Crippen LogP contribution >= 0.6 is 0 Å². The molecule has 7 heteroatoms. The van der Waals surface area contributed by atoms with Crippen LogP contribution in [0.2, 0.25) is 0 Å². The second-order valence-corrected chi connectivity index (χ2v) is 6.23. The molecule has 1 saturated heterocycles. The van der Waals surface area contributed by atoms with Crippen molar-refractivity contribution in [2.45, 2.75) is 38.6 Å². The largest absolute Gasteiger partial charge is 0.493 e. The molecule has 0 aliphatic carbocycles. The van der Waals surface area contributed by atoms with Gasteiger partial charge in [0, 0.05) is 25.3 Å². The quantitative estimate of drug-likeness (QED) is 0.641. The summed E-state index contributed by atoms with van der Waals surface area (Å²) in [4.78, 5) is 25.3. The number of nitrogens with zero attached hydrogens (tertiary/aromatic N) is 1. The number of aryl methyl sites for hydroxylation is 1. The first kappa shape index (κ1) is 20.0. The molecule has 1 aromatic carbocycles. The number of aliphatic carboxylic acids is 1. The van der Waals surface area contributed by atoms with Crippen LogP contribution in [0.4, 0.5) is 0 Å². The average molecular weight is 365 g/mol. The van der Waals surface area contributed by atoms with E-state index in [1.807, 2.05) is 0 Å². The maximum atomic E-state index is 12.7. The van der Waals surface area contributed by atoms with Crippen LogP contribution in [0.25, 0.3) is 0 Å². The lowest BCUT2D eigenvalue weighted by atomic mass is 9.99. The number of carboxylic acids is 1. The topological polar surface area (TPSA) is 85.3 Å². The normalized spacial score (nSPS) is 16.1. The third kappa shape index (κ3) is 4.46. The molecule has 7 nitrogen and oxygen atoms in total. The average Bonchev–Trinajstić information content (AvgIpc) is 2.59. The number of likely N-dealkylation sites (tertiary alicyclic amines) is 1. The van der Waals surface area contributed by atoms with Crippen LogP contribution < -0.4 is 9.47 Å². The zero-order valence-corrected chi connectivity index (χ0v) is 15.6. The summed E-state index contributed by atoms with van der Waals surface area (Å²) in [7, 11) is 3.08. The Labute approximate surface area is 153 Å². The van der Waals surface area contributed by atoms with Gasteiger partial charge in [0.2, 0.25) is 0 Å². The van der Waals surface area contributed by atoms with Crippen molar-refractivity contribution in [3.63, 3.8) is 0 Å². The van der Waals surface area contributed by atoms with Crippen LogP contribution in [-0.2, 0) is 16.0 Å². The summed E-state index contributed by atoms with van der Waals surface area (Å²) in [6.45, 7) is 3.86. The summed E-state index contributed by atoms with van der Waals surface area (Å²) in [5.74, 6) is -0.209. The molecule has 1 heterocycles. The van der Waals surface area contributed by atoms with Gasteiger partial charge in [-0.1, -0.05) is 6.92 Å². The molecular formula is C19H27NO6. The van der Waals surface area contributed by atoms with Crippen molar-refractivity contribution in [1.82, 2.24) is 4.90 Å².